The summed E-state index contributed by atoms with van der Waals surface area (Å²) in [5.41, 5.74) is 0. The van der Waals surface area contributed by atoms with Crippen molar-refractivity contribution in [3.8, 4) is 0 Å². The first kappa shape index (κ1) is 15.4. The van der Waals surface area contributed by atoms with Crippen molar-refractivity contribution >= 4 is 22.6 Å². The van der Waals surface area contributed by atoms with Crippen LogP contribution >= 0.6 is 0 Å². The summed E-state index contributed by atoms with van der Waals surface area (Å²) in [6.45, 7) is 14.1. The molecule has 0 aromatic heterocycles. The van der Waals surface area contributed by atoms with E-state index >= 15 is 0 Å². The number of carbonyl (C=O) groups excluding carboxylic acids is 1. The van der Waals surface area contributed by atoms with Crippen molar-refractivity contribution in [3.63, 3.8) is 0 Å². The minimum atomic E-state index is -1.84. The first-order valence-electron chi connectivity index (χ1n) is 5.67. The molecule has 0 aromatic rings. The van der Waals surface area contributed by atoms with Gasteiger partial charge in [0, 0.05) is 0 Å². The van der Waals surface area contributed by atoms with Crippen LogP contribution in [0.4, 0.5) is 0 Å². The Kier molecular flexibility index (Phi) is 5.48. The van der Waals surface area contributed by atoms with Crippen LogP contribution in [0.3, 0.4) is 0 Å². The number of hydrogen-bond acceptors (Lipinski definition) is 3. The number of carbonyl (C=O) groups is 1. The molecule has 0 spiro atoms. The van der Waals surface area contributed by atoms with Gasteiger partial charge in [-0.3, -0.25) is 0 Å². The van der Waals surface area contributed by atoms with Gasteiger partial charge in [-0.15, -0.1) is 0 Å². The summed E-state index contributed by atoms with van der Waals surface area (Å²) in [6, 6.07) is 0. The maximum atomic E-state index is 11.9. The van der Waals surface area contributed by atoms with Crippen molar-refractivity contribution in [2.75, 3.05) is 0 Å². The highest BCUT2D eigenvalue weighted by Crippen LogP contribution is 2.15. The van der Waals surface area contributed by atoms with Crippen LogP contribution in [-0.4, -0.2) is 22.6 Å². The molecule has 0 aromatic carbocycles. The zero-order chi connectivity index (χ0) is 13.0. The Morgan fingerprint density at radius 2 is 1.44 bits per heavy atom. The molecular formula is C11H24O3Si2. The van der Waals surface area contributed by atoms with E-state index in [1.165, 1.54) is 0 Å². The van der Waals surface area contributed by atoms with Crippen molar-refractivity contribution in [2.45, 2.75) is 52.6 Å². The lowest BCUT2D eigenvalue weighted by Crippen LogP contribution is -2.34. The van der Waals surface area contributed by atoms with Gasteiger partial charge >= 0.3 is 5.97 Å². The maximum absolute atomic E-state index is 11.9. The van der Waals surface area contributed by atoms with E-state index in [9.17, 15) is 4.79 Å². The fourth-order valence-electron chi connectivity index (χ4n) is 1.01. The van der Waals surface area contributed by atoms with Crippen LogP contribution < -0.4 is 0 Å². The van der Waals surface area contributed by atoms with Crippen LogP contribution in [0.1, 0.15) is 13.3 Å². The predicted molar refractivity (Wildman–Crippen MR) is 72.2 cm³/mol. The van der Waals surface area contributed by atoms with Crippen LogP contribution in [0.15, 0.2) is 11.8 Å². The van der Waals surface area contributed by atoms with Gasteiger partial charge in [-0.2, -0.15) is 0 Å². The van der Waals surface area contributed by atoms with Crippen LogP contribution in [0.2, 0.25) is 39.3 Å². The largest absolute Gasteiger partial charge is 0.540 e. The van der Waals surface area contributed by atoms with Crippen molar-refractivity contribution in [1.82, 2.24) is 0 Å². The Bertz CT molecular complexity index is 272. The van der Waals surface area contributed by atoms with Crippen molar-refractivity contribution in [3.05, 3.63) is 11.8 Å². The third kappa shape index (κ3) is 7.70. The third-order valence-corrected chi connectivity index (χ3v) is 3.04. The molecule has 0 amide bonds. The summed E-state index contributed by atoms with van der Waals surface area (Å²) in [7, 11) is -3.59. The Labute approximate surface area is 101 Å². The average Bonchev–Trinajstić information content (AvgIpc) is 1.97. The Hall–Kier alpha value is -0.556. The molecule has 0 aliphatic carbocycles. The van der Waals surface area contributed by atoms with E-state index in [0.29, 0.717) is 5.76 Å². The first-order valence-corrected chi connectivity index (χ1v) is 12.5. The zero-order valence-electron chi connectivity index (χ0n) is 11.5. The van der Waals surface area contributed by atoms with Crippen molar-refractivity contribution < 1.29 is 13.6 Å². The molecule has 3 nitrogen and oxygen atoms in total. The highest BCUT2D eigenvalue weighted by atomic mass is 28.4. The number of rotatable bonds is 5. The monoisotopic (exact) mass is 260 g/mol. The molecule has 0 bridgehead atoms. The molecule has 0 atom stereocenters. The second-order valence-corrected chi connectivity index (χ2v) is 14.6. The molecule has 0 saturated heterocycles. The highest BCUT2D eigenvalue weighted by molar-refractivity contribution is 6.72. The highest BCUT2D eigenvalue weighted by Gasteiger charge is 2.26. The standard InChI is InChI=1S/C11H24O3Si2/c1-8-9-10(13-15(2,3)4)11(12)14-16(5,6)7/h9H,8H2,1-7H3/b10-9+. The molecule has 5 heteroatoms. The minimum absolute atomic E-state index is 0.302. The smallest absolute Gasteiger partial charge is 0.358 e. The van der Waals surface area contributed by atoms with E-state index in [1.807, 2.05) is 26.6 Å². The van der Waals surface area contributed by atoms with E-state index < -0.39 is 16.6 Å². The summed E-state index contributed by atoms with van der Waals surface area (Å²) in [6.07, 6.45) is 2.58. The predicted octanol–water partition coefficient (Wildman–Crippen LogP) is 3.51. The van der Waals surface area contributed by atoms with E-state index in [1.54, 1.807) is 6.08 Å². The van der Waals surface area contributed by atoms with Crippen LogP contribution in [-0.2, 0) is 13.6 Å². The molecule has 0 unspecified atom stereocenters. The summed E-state index contributed by atoms with van der Waals surface area (Å²) < 4.78 is 11.2. The van der Waals surface area contributed by atoms with Gasteiger partial charge in [0.15, 0.2) is 5.76 Å². The van der Waals surface area contributed by atoms with E-state index in [2.05, 4.69) is 19.6 Å². The van der Waals surface area contributed by atoms with E-state index in [0.717, 1.165) is 6.42 Å². The molecule has 16 heavy (non-hydrogen) atoms. The summed E-state index contributed by atoms with van der Waals surface area (Å²) in [5, 5.41) is 0. The van der Waals surface area contributed by atoms with Gasteiger partial charge in [0.25, 0.3) is 0 Å². The van der Waals surface area contributed by atoms with Gasteiger partial charge in [0.1, 0.15) is 0 Å². The zero-order valence-corrected chi connectivity index (χ0v) is 13.5. The van der Waals surface area contributed by atoms with Gasteiger partial charge in [0.2, 0.25) is 16.6 Å². The SMILES string of the molecule is CC/C=C(/O[Si](C)(C)C)C(=O)O[Si](C)(C)C. The molecule has 0 heterocycles. The Balaban J connectivity index is 4.69. The second kappa shape index (κ2) is 5.68. The quantitative estimate of drug-likeness (QED) is 0.431. The summed E-state index contributed by atoms with van der Waals surface area (Å²) >= 11 is 0. The van der Waals surface area contributed by atoms with Gasteiger partial charge in [0.05, 0.1) is 0 Å². The molecule has 0 radical (unpaired) electrons. The van der Waals surface area contributed by atoms with Crippen molar-refractivity contribution in [1.29, 1.82) is 0 Å². The summed E-state index contributed by atoms with van der Waals surface area (Å²) in [5.74, 6) is 0.0903. The maximum Gasteiger partial charge on any atom is 0.358 e. The molecule has 0 rings (SSSR count). The molecule has 0 fully saturated rings. The molecule has 0 aliphatic heterocycles. The Morgan fingerprint density at radius 3 is 1.75 bits per heavy atom. The van der Waals surface area contributed by atoms with E-state index in [4.69, 9.17) is 8.85 Å². The molecule has 0 N–H and O–H groups in total. The van der Waals surface area contributed by atoms with Crippen LogP contribution in [0.25, 0.3) is 0 Å². The number of allylic oxidation sites excluding steroid dienone is 1. The number of hydrogen-bond donors (Lipinski definition) is 0. The third-order valence-electron chi connectivity index (χ3n) is 1.41. The summed E-state index contributed by atoms with van der Waals surface area (Å²) in [4.78, 5) is 11.9. The first-order chi connectivity index (χ1) is 7.05. The molecule has 0 aliphatic rings. The van der Waals surface area contributed by atoms with Gasteiger partial charge in [-0.05, 0) is 51.8 Å². The normalized spacial score (nSPS) is 13.6. The molecule has 0 saturated carbocycles. The lowest BCUT2D eigenvalue weighted by Gasteiger charge is -2.24. The van der Waals surface area contributed by atoms with Crippen LogP contribution in [0, 0.1) is 0 Å². The van der Waals surface area contributed by atoms with Gasteiger partial charge in [-0.25, -0.2) is 4.79 Å². The fraction of sp³-hybridized carbons (Fsp3) is 0.727. The van der Waals surface area contributed by atoms with Crippen molar-refractivity contribution in [2.24, 2.45) is 0 Å². The molecular weight excluding hydrogens is 236 g/mol. The van der Waals surface area contributed by atoms with Crippen LogP contribution in [0.5, 0.6) is 0 Å². The van der Waals surface area contributed by atoms with E-state index in [-0.39, 0.29) is 5.97 Å². The van der Waals surface area contributed by atoms with Gasteiger partial charge < -0.3 is 8.85 Å². The minimum Gasteiger partial charge on any atom is -0.540 e. The second-order valence-electron chi connectivity index (χ2n) is 5.69. The Morgan fingerprint density at radius 1 is 1.00 bits per heavy atom. The molecule has 94 valence electrons. The lowest BCUT2D eigenvalue weighted by molar-refractivity contribution is -0.133. The average molecular weight is 260 g/mol. The lowest BCUT2D eigenvalue weighted by atomic mass is 10.4. The van der Waals surface area contributed by atoms with Gasteiger partial charge in [-0.1, -0.05) is 6.92 Å². The topological polar surface area (TPSA) is 35.5 Å². The fourth-order valence-corrected chi connectivity index (χ4v) is 2.49.